The number of nitrogens with zero attached hydrogens (tertiary/aromatic N) is 1. The third-order valence-electron chi connectivity index (χ3n) is 5.36. The van der Waals surface area contributed by atoms with Crippen LogP contribution < -0.4 is 15.0 Å². The molecule has 2 aromatic carbocycles. The van der Waals surface area contributed by atoms with E-state index in [2.05, 4.69) is 5.32 Å². The van der Waals surface area contributed by atoms with Crippen LogP contribution in [0.2, 0.25) is 0 Å². The van der Waals surface area contributed by atoms with E-state index in [4.69, 9.17) is 4.74 Å². The molecular formula is C23H28N2O3. The highest BCUT2D eigenvalue weighted by Gasteiger charge is 2.31. The van der Waals surface area contributed by atoms with Gasteiger partial charge in [0.05, 0.1) is 18.7 Å². The summed E-state index contributed by atoms with van der Waals surface area (Å²) < 4.78 is 5.24. The summed E-state index contributed by atoms with van der Waals surface area (Å²) in [5.41, 5.74) is 4.87. The zero-order valence-electron chi connectivity index (χ0n) is 17.0. The molecule has 0 fully saturated rings. The molecule has 0 spiro atoms. The molecule has 5 heteroatoms. The molecule has 0 saturated heterocycles. The van der Waals surface area contributed by atoms with Crippen LogP contribution in [-0.4, -0.2) is 25.5 Å². The van der Waals surface area contributed by atoms with Crippen molar-refractivity contribution in [1.82, 2.24) is 0 Å². The third kappa shape index (κ3) is 3.88. The number of anilines is 2. The van der Waals surface area contributed by atoms with Crippen LogP contribution in [0.1, 0.15) is 49.3 Å². The first kappa shape index (κ1) is 19.9. The van der Waals surface area contributed by atoms with E-state index < -0.39 is 0 Å². The lowest BCUT2D eigenvalue weighted by atomic mass is 9.91. The summed E-state index contributed by atoms with van der Waals surface area (Å²) in [5, 5.41) is 2.92. The molecule has 5 nitrogen and oxygen atoms in total. The van der Waals surface area contributed by atoms with Crippen LogP contribution in [0.5, 0.6) is 5.75 Å². The van der Waals surface area contributed by atoms with Gasteiger partial charge in [-0.3, -0.25) is 9.59 Å². The molecule has 1 unspecified atom stereocenters. The van der Waals surface area contributed by atoms with Crippen molar-refractivity contribution in [2.45, 2.75) is 46.0 Å². The molecule has 1 aliphatic heterocycles. The largest absolute Gasteiger partial charge is 0.497 e. The van der Waals surface area contributed by atoms with E-state index in [1.807, 2.05) is 55.1 Å². The van der Waals surface area contributed by atoms with E-state index in [1.54, 1.807) is 7.11 Å². The second kappa shape index (κ2) is 8.46. The number of ether oxygens (including phenoxy) is 1. The fraction of sp³-hybridized carbons (Fsp3) is 0.391. The molecule has 3 rings (SSSR count). The van der Waals surface area contributed by atoms with E-state index in [0.29, 0.717) is 6.54 Å². The zero-order valence-corrected chi connectivity index (χ0v) is 17.0. The predicted molar refractivity (Wildman–Crippen MR) is 112 cm³/mol. The van der Waals surface area contributed by atoms with Crippen molar-refractivity contribution in [2.24, 2.45) is 0 Å². The van der Waals surface area contributed by atoms with Gasteiger partial charge in [0.15, 0.2) is 0 Å². The van der Waals surface area contributed by atoms with Crippen molar-refractivity contribution in [1.29, 1.82) is 0 Å². The quantitative estimate of drug-likeness (QED) is 0.834. The summed E-state index contributed by atoms with van der Waals surface area (Å²) in [6.07, 6.45) is 2.46. The number of amides is 2. The number of methoxy groups -OCH3 is 1. The van der Waals surface area contributed by atoms with Gasteiger partial charge >= 0.3 is 0 Å². The second-order valence-electron chi connectivity index (χ2n) is 7.27. The first-order valence-electron chi connectivity index (χ1n) is 9.81. The SMILES string of the molecule is CCC(C(=O)N1CCCc2c(NC(C)=O)ccc(C)c21)c1ccc(OC)cc1. The maximum atomic E-state index is 13.5. The maximum absolute atomic E-state index is 13.5. The van der Waals surface area contributed by atoms with Gasteiger partial charge < -0.3 is 15.0 Å². The van der Waals surface area contributed by atoms with Crippen molar-refractivity contribution in [3.8, 4) is 5.75 Å². The van der Waals surface area contributed by atoms with Crippen molar-refractivity contribution >= 4 is 23.2 Å². The van der Waals surface area contributed by atoms with Gasteiger partial charge in [0.1, 0.15) is 5.75 Å². The number of carbonyl (C=O) groups excluding carboxylic acids is 2. The minimum Gasteiger partial charge on any atom is -0.497 e. The summed E-state index contributed by atoms with van der Waals surface area (Å²) in [5.74, 6) is 0.585. The van der Waals surface area contributed by atoms with Crippen LogP contribution in [0.25, 0.3) is 0 Å². The highest BCUT2D eigenvalue weighted by atomic mass is 16.5. The molecule has 1 N–H and O–H groups in total. The summed E-state index contributed by atoms with van der Waals surface area (Å²) in [7, 11) is 1.64. The van der Waals surface area contributed by atoms with Gasteiger partial charge in [0, 0.05) is 19.2 Å². The summed E-state index contributed by atoms with van der Waals surface area (Å²) in [6.45, 7) is 6.27. The molecule has 0 saturated carbocycles. The normalized spacial score (nSPS) is 14.2. The van der Waals surface area contributed by atoms with Crippen LogP contribution in [0, 0.1) is 6.92 Å². The molecule has 0 aliphatic carbocycles. The van der Waals surface area contributed by atoms with E-state index in [0.717, 1.165) is 53.1 Å². The highest BCUT2D eigenvalue weighted by Crippen LogP contribution is 2.38. The maximum Gasteiger partial charge on any atom is 0.234 e. The number of hydrogen-bond donors (Lipinski definition) is 1. The van der Waals surface area contributed by atoms with Crippen molar-refractivity contribution in [2.75, 3.05) is 23.9 Å². The minimum atomic E-state index is -0.208. The summed E-state index contributed by atoms with van der Waals surface area (Å²) in [4.78, 5) is 27.0. The molecule has 2 amide bonds. The first-order chi connectivity index (χ1) is 13.5. The van der Waals surface area contributed by atoms with Gasteiger partial charge in [-0.1, -0.05) is 25.1 Å². The Morgan fingerprint density at radius 2 is 1.89 bits per heavy atom. The Hall–Kier alpha value is -2.82. The third-order valence-corrected chi connectivity index (χ3v) is 5.36. The average molecular weight is 380 g/mol. The second-order valence-corrected chi connectivity index (χ2v) is 7.27. The monoisotopic (exact) mass is 380 g/mol. The topological polar surface area (TPSA) is 58.6 Å². The number of carbonyl (C=O) groups is 2. The molecule has 0 aromatic heterocycles. The van der Waals surface area contributed by atoms with Crippen molar-refractivity contribution in [3.05, 3.63) is 53.1 Å². The van der Waals surface area contributed by atoms with Gasteiger partial charge in [-0.2, -0.15) is 0 Å². The lowest BCUT2D eigenvalue weighted by Gasteiger charge is -2.34. The van der Waals surface area contributed by atoms with Crippen LogP contribution in [-0.2, 0) is 16.0 Å². The van der Waals surface area contributed by atoms with Gasteiger partial charge in [0.25, 0.3) is 0 Å². The number of nitrogens with one attached hydrogen (secondary N) is 1. The Balaban J connectivity index is 1.97. The number of rotatable bonds is 5. The van der Waals surface area contributed by atoms with E-state index in [-0.39, 0.29) is 17.7 Å². The zero-order chi connectivity index (χ0) is 20.3. The fourth-order valence-electron chi connectivity index (χ4n) is 4.01. The lowest BCUT2D eigenvalue weighted by molar-refractivity contribution is -0.120. The number of benzene rings is 2. The van der Waals surface area contributed by atoms with Gasteiger partial charge in [-0.15, -0.1) is 0 Å². The van der Waals surface area contributed by atoms with Gasteiger partial charge in [0.2, 0.25) is 11.8 Å². The lowest BCUT2D eigenvalue weighted by Crippen LogP contribution is -2.39. The number of hydrogen-bond acceptors (Lipinski definition) is 3. The smallest absolute Gasteiger partial charge is 0.234 e. The van der Waals surface area contributed by atoms with Crippen molar-refractivity contribution in [3.63, 3.8) is 0 Å². The molecule has 1 aliphatic rings. The molecule has 2 aromatic rings. The Kier molecular flexibility index (Phi) is 6.02. The molecule has 148 valence electrons. The van der Waals surface area contributed by atoms with Gasteiger partial charge in [-0.25, -0.2) is 0 Å². The molecule has 1 atom stereocenters. The van der Waals surface area contributed by atoms with Crippen LogP contribution in [0.3, 0.4) is 0 Å². The van der Waals surface area contributed by atoms with Gasteiger partial charge in [-0.05, 0) is 61.1 Å². The predicted octanol–water partition coefficient (Wildman–Crippen LogP) is 4.44. The summed E-state index contributed by atoms with van der Waals surface area (Å²) in [6, 6.07) is 11.6. The minimum absolute atomic E-state index is 0.0980. The number of fused-ring (bicyclic) bond motifs is 1. The van der Waals surface area contributed by atoms with Crippen LogP contribution in [0.4, 0.5) is 11.4 Å². The number of aryl methyl sites for hydroxylation is 1. The fourth-order valence-corrected chi connectivity index (χ4v) is 4.01. The average Bonchev–Trinajstić information content (AvgIpc) is 2.70. The highest BCUT2D eigenvalue weighted by molar-refractivity contribution is 6.01. The van der Waals surface area contributed by atoms with E-state index in [1.165, 1.54) is 6.92 Å². The first-order valence-corrected chi connectivity index (χ1v) is 9.81. The Labute approximate surface area is 166 Å². The Bertz CT molecular complexity index is 874. The molecule has 1 heterocycles. The summed E-state index contributed by atoms with van der Waals surface area (Å²) >= 11 is 0. The Morgan fingerprint density at radius 3 is 2.50 bits per heavy atom. The van der Waals surface area contributed by atoms with E-state index in [9.17, 15) is 9.59 Å². The molecule has 0 bridgehead atoms. The van der Waals surface area contributed by atoms with Crippen molar-refractivity contribution < 1.29 is 14.3 Å². The standard InChI is InChI=1S/C23H28N2O3/c1-5-19(17-9-11-18(28-4)12-10-17)23(27)25-14-6-7-20-21(24-16(3)26)13-8-15(2)22(20)25/h8-13,19H,5-7,14H2,1-4H3,(H,24,26). The Morgan fingerprint density at radius 1 is 1.18 bits per heavy atom. The molecule has 28 heavy (non-hydrogen) atoms. The van der Waals surface area contributed by atoms with E-state index >= 15 is 0 Å². The molecular weight excluding hydrogens is 352 g/mol. The van der Waals surface area contributed by atoms with Crippen LogP contribution in [0.15, 0.2) is 36.4 Å². The van der Waals surface area contributed by atoms with Crippen LogP contribution >= 0.6 is 0 Å². The molecule has 0 radical (unpaired) electrons.